The molecule has 1 nitrogen and oxygen atoms in total. The van der Waals surface area contributed by atoms with Crippen molar-refractivity contribution in [1.29, 1.82) is 0 Å². The third kappa shape index (κ3) is 2.99. The van der Waals surface area contributed by atoms with Crippen molar-refractivity contribution < 1.29 is 0 Å². The van der Waals surface area contributed by atoms with Gasteiger partial charge in [-0.3, -0.25) is 0 Å². The van der Waals surface area contributed by atoms with Gasteiger partial charge in [-0.05, 0) is 24.5 Å². The molecule has 2 heteroatoms. The van der Waals surface area contributed by atoms with Crippen molar-refractivity contribution in [3.63, 3.8) is 0 Å². The maximum absolute atomic E-state index is 5.74. The van der Waals surface area contributed by atoms with Crippen molar-refractivity contribution in [2.75, 3.05) is 0 Å². The molecule has 0 heterocycles. The summed E-state index contributed by atoms with van der Waals surface area (Å²) in [5, 5.41) is 0.825. The number of benzene rings is 1. The van der Waals surface area contributed by atoms with Gasteiger partial charge in [-0.1, -0.05) is 37.5 Å². The quantitative estimate of drug-likeness (QED) is 0.844. The van der Waals surface area contributed by atoms with Crippen LogP contribution in [-0.4, -0.2) is 5.25 Å². The van der Waals surface area contributed by atoms with Gasteiger partial charge in [0.05, 0.1) is 0 Å². The van der Waals surface area contributed by atoms with Crippen LogP contribution in [0.15, 0.2) is 29.2 Å². The molecule has 0 bridgehead atoms. The van der Waals surface area contributed by atoms with Crippen LogP contribution in [0.2, 0.25) is 0 Å². The van der Waals surface area contributed by atoms with Gasteiger partial charge in [-0.25, -0.2) is 0 Å². The van der Waals surface area contributed by atoms with Crippen molar-refractivity contribution in [2.45, 2.75) is 48.8 Å². The number of nitrogens with two attached hydrogens (primary N) is 1. The standard InChI is InChI=1S/C13H19NS/c14-10-11-6-4-5-9-13(11)15-12-7-2-1-3-8-12/h4-6,9,12H,1-3,7-8,10,14H2. The summed E-state index contributed by atoms with van der Waals surface area (Å²) in [7, 11) is 0. The molecule has 0 spiro atoms. The lowest BCUT2D eigenvalue weighted by atomic mass is 10.0. The van der Waals surface area contributed by atoms with E-state index >= 15 is 0 Å². The van der Waals surface area contributed by atoms with Crippen molar-refractivity contribution in [2.24, 2.45) is 5.73 Å². The smallest absolute Gasteiger partial charge is 0.0189 e. The van der Waals surface area contributed by atoms with E-state index in [0.29, 0.717) is 6.54 Å². The first-order valence-electron chi connectivity index (χ1n) is 5.85. The van der Waals surface area contributed by atoms with E-state index in [4.69, 9.17) is 5.73 Å². The summed E-state index contributed by atoms with van der Waals surface area (Å²) in [5.74, 6) is 0. The molecule has 1 aromatic carbocycles. The number of hydrogen-bond donors (Lipinski definition) is 1. The first kappa shape index (κ1) is 11.0. The lowest BCUT2D eigenvalue weighted by Gasteiger charge is -2.21. The Hall–Kier alpha value is -0.470. The van der Waals surface area contributed by atoms with Gasteiger partial charge in [0.1, 0.15) is 0 Å². The van der Waals surface area contributed by atoms with E-state index < -0.39 is 0 Å². The first-order chi connectivity index (χ1) is 7.40. The van der Waals surface area contributed by atoms with E-state index in [0.717, 1.165) is 5.25 Å². The second kappa shape index (κ2) is 5.57. The molecule has 0 atom stereocenters. The van der Waals surface area contributed by atoms with Gasteiger partial charge in [-0.2, -0.15) is 0 Å². The van der Waals surface area contributed by atoms with Gasteiger partial charge in [0.15, 0.2) is 0 Å². The molecule has 1 aromatic rings. The molecule has 1 saturated carbocycles. The maximum Gasteiger partial charge on any atom is 0.0189 e. The predicted octanol–water partition coefficient (Wildman–Crippen LogP) is 3.57. The number of hydrogen-bond acceptors (Lipinski definition) is 2. The molecule has 15 heavy (non-hydrogen) atoms. The Bertz CT molecular complexity index is 305. The van der Waals surface area contributed by atoms with Gasteiger partial charge < -0.3 is 5.73 Å². The largest absolute Gasteiger partial charge is 0.326 e. The van der Waals surface area contributed by atoms with E-state index in [1.54, 1.807) is 0 Å². The van der Waals surface area contributed by atoms with E-state index in [-0.39, 0.29) is 0 Å². The Kier molecular flexibility index (Phi) is 4.09. The van der Waals surface area contributed by atoms with Crippen LogP contribution in [-0.2, 0) is 6.54 Å². The minimum absolute atomic E-state index is 0.663. The lowest BCUT2D eigenvalue weighted by Crippen LogP contribution is -2.08. The summed E-state index contributed by atoms with van der Waals surface area (Å²) in [6.07, 6.45) is 6.99. The second-order valence-corrected chi connectivity index (χ2v) is 5.53. The molecule has 2 N–H and O–H groups in total. The Balaban J connectivity index is 2.02. The van der Waals surface area contributed by atoms with Gasteiger partial charge in [-0.15, -0.1) is 11.8 Å². The van der Waals surface area contributed by atoms with E-state index in [2.05, 4.69) is 24.3 Å². The van der Waals surface area contributed by atoms with Crippen LogP contribution in [0.1, 0.15) is 37.7 Å². The highest BCUT2D eigenvalue weighted by molar-refractivity contribution is 8.00. The molecule has 1 fully saturated rings. The summed E-state index contributed by atoms with van der Waals surface area (Å²) in [4.78, 5) is 1.40. The molecule has 0 amide bonds. The third-order valence-electron chi connectivity index (χ3n) is 3.04. The van der Waals surface area contributed by atoms with Gasteiger partial charge >= 0.3 is 0 Å². The van der Waals surface area contributed by atoms with Crippen LogP contribution in [0.5, 0.6) is 0 Å². The van der Waals surface area contributed by atoms with Gasteiger partial charge in [0, 0.05) is 16.7 Å². The Morgan fingerprint density at radius 2 is 1.87 bits per heavy atom. The summed E-state index contributed by atoms with van der Waals surface area (Å²) in [6.45, 7) is 0.663. The van der Waals surface area contributed by atoms with Crippen LogP contribution in [0.4, 0.5) is 0 Å². The highest BCUT2D eigenvalue weighted by Gasteiger charge is 2.15. The van der Waals surface area contributed by atoms with Crippen LogP contribution in [0.25, 0.3) is 0 Å². The van der Waals surface area contributed by atoms with Crippen LogP contribution in [0.3, 0.4) is 0 Å². The Morgan fingerprint density at radius 1 is 1.13 bits per heavy atom. The average molecular weight is 221 g/mol. The molecule has 0 aliphatic heterocycles. The van der Waals surface area contributed by atoms with Crippen molar-refractivity contribution in [1.82, 2.24) is 0 Å². The zero-order valence-electron chi connectivity index (χ0n) is 9.11. The lowest BCUT2D eigenvalue weighted by molar-refractivity contribution is 0.516. The zero-order valence-corrected chi connectivity index (χ0v) is 9.93. The minimum atomic E-state index is 0.663. The van der Waals surface area contributed by atoms with Crippen molar-refractivity contribution in [3.8, 4) is 0 Å². The molecular weight excluding hydrogens is 202 g/mol. The monoisotopic (exact) mass is 221 g/mol. The highest BCUT2D eigenvalue weighted by Crippen LogP contribution is 2.34. The number of rotatable bonds is 3. The van der Waals surface area contributed by atoms with Crippen LogP contribution >= 0.6 is 11.8 Å². The SMILES string of the molecule is NCc1ccccc1SC1CCCCC1. The highest BCUT2D eigenvalue weighted by atomic mass is 32.2. The first-order valence-corrected chi connectivity index (χ1v) is 6.73. The normalized spacial score (nSPS) is 17.9. The summed E-state index contributed by atoms with van der Waals surface area (Å²) < 4.78 is 0. The van der Waals surface area contributed by atoms with Gasteiger partial charge in [0.25, 0.3) is 0 Å². The summed E-state index contributed by atoms with van der Waals surface area (Å²) in [5.41, 5.74) is 7.04. The Labute approximate surface area is 96.4 Å². The Morgan fingerprint density at radius 3 is 2.60 bits per heavy atom. The van der Waals surface area contributed by atoms with E-state index in [1.807, 2.05) is 11.8 Å². The molecule has 0 aromatic heterocycles. The second-order valence-electron chi connectivity index (χ2n) is 4.19. The topological polar surface area (TPSA) is 26.0 Å². The fraction of sp³-hybridized carbons (Fsp3) is 0.538. The molecule has 0 saturated heterocycles. The van der Waals surface area contributed by atoms with Crippen molar-refractivity contribution >= 4 is 11.8 Å². The van der Waals surface area contributed by atoms with Gasteiger partial charge in [0.2, 0.25) is 0 Å². The fourth-order valence-electron chi connectivity index (χ4n) is 2.15. The minimum Gasteiger partial charge on any atom is -0.326 e. The average Bonchev–Trinajstić information content (AvgIpc) is 2.31. The predicted molar refractivity (Wildman–Crippen MR) is 67.1 cm³/mol. The molecule has 1 aliphatic rings. The third-order valence-corrected chi connectivity index (χ3v) is 4.50. The van der Waals surface area contributed by atoms with Crippen LogP contribution < -0.4 is 5.73 Å². The molecule has 2 rings (SSSR count). The van der Waals surface area contributed by atoms with Crippen LogP contribution in [0, 0.1) is 0 Å². The zero-order chi connectivity index (χ0) is 10.5. The van der Waals surface area contributed by atoms with E-state index in [1.165, 1.54) is 42.6 Å². The maximum atomic E-state index is 5.74. The molecular formula is C13H19NS. The molecule has 0 unspecified atom stereocenters. The van der Waals surface area contributed by atoms with Crippen molar-refractivity contribution in [3.05, 3.63) is 29.8 Å². The number of thioether (sulfide) groups is 1. The molecule has 82 valence electrons. The fourth-order valence-corrected chi connectivity index (χ4v) is 3.54. The summed E-state index contributed by atoms with van der Waals surface area (Å²) >= 11 is 2.04. The summed E-state index contributed by atoms with van der Waals surface area (Å²) in [6, 6.07) is 8.55. The molecule has 1 aliphatic carbocycles. The van der Waals surface area contributed by atoms with E-state index in [9.17, 15) is 0 Å². The molecule has 0 radical (unpaired) electrons.